The monoisotopic (exact) mass is 250 g/mol. The van der Waals surface area contributed by atoms with E-state index in [1.807, 2.05) is 12.3 Å². The summed E-state index contributed by atoms with van der Waals surface area (Å²) in [4.78, 5) is 4.32. The van der Waals surface area contributed by atoms with Crippen LogP contribution in [0.25, 0.3) is 0 Å². The maximum Gasteiger partial charge on any atom is 0.115 e. The van der Waals surface area contributed by atoms with E-state index in [1.54, 1.807) is 0 Å². The topological polar surface area (TPSA) is 56.9 Å². The highest BCUT2D eigenvalue weighted by Crippen LogP contribution is 2.46. The Balaban J connectivity index is 2.21. The van der Waals surface area contributed by atoms with E-state index in [2.05, 4.69) is 18.0 Å². The maximum atomic E-state index is 10.4. The first-order valence-electron chi connectivity index (χ1n) is 6.09. The van der Waals surface area contributed by atoms with Crippen LogP contribution < -0.4 is 0 Å². The number of rotatable bonds is 2. The Labute approximate surface area is 106 Å². The number of aromatic nitrogens is 1. The average Bonchev–Trinajstić information content (AvgIpc) is 2.76. The lowest BCUT2D eigenvalue weighted by atomic mass is 9.68. The number of aliphatic hydroxyl groups excluding tert-OH is 1. The molecule has 3 nitrogen and oxygen atoms in total. The van der Waals surface area contributed by atoms with Gasteiger partial charge >= 0.3 is 0 Å². The highest BCUT2D eigenvalue weighted by Gasteiger charge is 2.42. The molecule has 17 heavy (non-hydrogen) atoms. The van der Waals surface area contributed by atoms with E-state index in [0.717, 1.165) is 30.7 Å². The van der Waals surface area contributed by atoms with E-state index in [-0.39, 0.29) is 0 Å². The highest BCUT2D eigenvalue weighted by atomic mass is 32.1. The zero-order valence-corrected chi connectivity index (χ0v) is 11.1. The van der Waals surface area contributed by atoms with Crippen molar-refractivity contribution in [2.75, 3.05) is 0 Å². The number of aryl methyl sites for hydroxylation is 1. The Hall–Kier alpha value is -0.920. The first-order valence-corrected chi connectivity index (χ1v) is 6.97. The van der Waals surface area contributed by atoms with E-state index in [0.29, 0.717) is 11.6 Å². The molecule has 1 aliphatic rings. The normalized spacial score (nSPS) is 30.8. The zero-order valence-electron chi connectivity index (χ0n) is 10.3. The van der Waals surface area contributed by atoms with Crippen LogP contribution >= 0.6 is 11.3 Å². The van der Waals surface area contributed by atoms with Gasteiger partial charge in [-0.3, -0.25) is 0 Å². The minimum absolute atomic E-state index is 0.618. The summed E-state index contributed by atoms with van der Waals surface area (Å²) in [5.74, 6) is 0.667. The fourth-order valence-electron chi connectivity index (χ4n) is 2.51. The molecule has 1 unspecified atom stereocenters. The molecule has 1 atom stereocenters. The predicted molar refractivity (Wildman–Crippen MR) is 67.5 cm³/mol. The van der Waals surface area contributed by atoms with Gasteiger partial charge in [0.1, 0.15) is 6.10 Å². The van der Waals surface area contributed by atoms with Crippen LogP contribution in [0.5, 0.6) is 0 Å². The molecule has 2 rings (SSSR count). The van der Waals surface area contributed by atoms with Gasteiger partial charge in [-0.2, -0.15) is 5.26 Å². The Morgan fingerprint density at radius 3 is 2.71 bits per heavy atom. The molecule has 1 aromatic rings. The molecule has 0 spiro atoms. The maximum absolute atomic E-state index is 10.4. The molecule has 1 aliphatic carbocycles. The molecule has 92 valence electrons. The Bertz CT molecular complexity index is 427. The van der Waals surface area contributed by atoms with Gasteiger partial charge in [0.25, 0.3) is 0 Å². The van der Waals surface area contributed by atoms with Gasteiger partial charge in [0, 0.05) is 5.38 Å². The van der Waals surface area contributed by atoms with Crippen molar-refractivity contribution in [3.05, 3.63) is 16.1 Å². The van der Waals surface area contributed by atoms with Crippen molar-refractivity contribution in [2.24, 2.45) is 11.3 Å². The summed E-state index contributed by atoms with van der Waals surface area (Å²) in [5.41, 5.74) is 0.0520. The second-order valence-corrected chi connectivity index (χ2v) is 6.21. The lowest BCUT2D eigenvalue weighted by Gasteiger charge is -2.36. The quantitative estimate of drug-likeness (QED) is 0.876. The molecule has 0 aromatic carbocycles. The summed E-state index contributed by atoms with van der Waals surface area (Å²) >= 11 is 1.53. The molecule has 0 radical (unpaired) electrons. The van der Waals surface area contributed by atoms with Gasteiger partial charge in [0.05, 0.1) is 22.2 Å². The van der Waals surface area contributed by atoms with Gasteiger partial charge in [-0.1, -0.05) is 6.92 Å². The first kappa shape index (κ1) is 12.5. The standard InChI is InChI=1S/C13H18N2OS/c1-9-3-5-13(8-14,6-4-9)12(16)11-7-17-10(2)15-11/h7,9,12,16H,3-6H2,1-2H3. The lowest BCUT2D eigenvalue weighted by Crippen LogP contribution is -2.32. The molecular formula is C13H18N2OS. The fraction of sp³-hybridized carbons (Fsp3) is 0.692. The van der Waals surface area contributed by atoms with Crippen molar-refractivity contribution >= 4 is 11.3 Å². The molecule has 0 saturated heterocycles. The minimum Gasteiger partial charge on any atom is -0.385 e. The predicted octanol–water partition coefficient (Wildman–Crippen LogP) is 3.21. The summed E-state index contributed by atoms with van der Waals surface area (Å²) in [6.45, 7) is 4.13. The van der Waals surface area contributed by atoms with Crippen molar-refractivity contribution in [1.82, 2.24) is 4.98 Å². The molecular weight excluding hydrogens is 232 g/mol. The number of nitriles is 1. The third-order valence-corrected chi connectivity index (χ3v) is 4.62. The van der Waals surface area contributed by atoms with Crippen LogP contribution in [0.15, 0.2) is 5.38 Å². The van der Waals surface area contributed by atoms with Crippen LogP contribution in [0, 0.1) is 29.6 Å². The van der Waals surface area contributed by atoms with Crippen LogP contribution in [0.4, 0.5) is 0 Å². The summed E-state index contributed by atoms with van der Waals surface area (Å²) in [6.07, 6.45) is 2.87. The molecule has 0 aliphatic heterocycles. The van der Waals surface area contributed by atoms with Gasteiger partial charge in [-0.25, -0.2) is 4.98 Å². The lowest BCUT2D eigenvalue weighted by molar-refractivity contribution is 0.0240. The summed E-state index contributed by atoms with van der Waals surface area (Å²) in [7, 11) is 0. The van der Waals surface area contributed by atoms with Crippen LogP contribution in [-0.2, 0) is 0 Å². The van der Waals surface area contributed by atoms with E-state index in [4.69, 9.17) is 0 Å². The third kappa shape index (κ3) is 2.36. The Kier molecular flexibility index (Phi) is 3.50. The number of nitrogens with zero attached hydrogens (tertiary/aromatic N) is 2. The number of aliphatic hydroxyl groups is 1. The van der Waals surface area contributed by atoms with Crippen molar-refractivity contribution in [3.8, 4) is 6.07 Å². The van der Waals surface area contributed by atoms with Crippen LogP contribution in [0.2, 0.25) is 0 Å². The van der Waals surface area contributed by atoms with Crippen LogP contribution in [-0.4, -0.2) is 10.1 Å². The van der Waals surface area contributed by atoms with E-state index in [9.17, 15) is 10.4 Å². The molecule has 1 aromatic heterocycles. The molecule has 4 heteroatoms. The van der Waals surface area contributed by atoms with Gasteiger partial charge in [0.2, 0.25) is 0 Å². The molecule has 1 fully saturated rings. The second kappa shape index (κ2) is 4.75. The van der Waals surface area contributed by atoms with E-state index < -0.39 is 11.5 Å². The smallest absolute Gasteiger partial charge is 0.115 e. The number of hydrogen-bond donors (Lipinski definition) is 1. The van der Waals surface area contributed by atoms with E-state index in [1.165, 1.54) is 11.3 Å². The largest absolute Gasteiger partial charge is 0.385 e. The second-order valence-electron chi connectivity index (χ2n) is 5.14. The number of hydrogen-bond acceptors (Lipinski definition) is 4. The minimum atomic E-state index is -0.732. The SMILES string of the molecule is Cc1nc(C(O)C2(C#N)CCC(C)CC2)cs1. The van der Waals surface area contributed by atoms with Gasteiger partial charge in [-0.15, -0.1) is 11.3 Å². The zero-order chi connectivity index (χ0) is 12.5. The van der Waals surface area contributed by atoms with Crippen molar-refractivity contribution in [3.63, 3.8) is 0 Å². The summed E-state index contributed by atoms with van der Waals surface area (Å²) < 4.78 is 0. The first-order chi connectivity index (χ1) is 8.07. The fourth-order valence-corrected chi connectivity index (χ4v) is 3.14. The third-order valence-electron chi connectivity index (χ3n) is 3.83. The van der Waals surface area contributed by atoms with Gasteiger partial charge in [-0.05, 0) is 38.5 Å². The van der Waals surface area contributed by atoms with Crippen molar-refractivity contribution in [1.29, 1.82) is 5.26 Å². The molecule has 1 saturated carbocycles. The van der Waals surface area contributed by atoms with Crippen molar-refractivity contribution < 1.29 is 5.11 Å². The molecule has 0 bridgehead atoms. The van der Waals surface area contributed by atoms with Gasteiger partial charge < -0.3 is 5.11 Å². The molecule has 0 amide bonds. The highest BCUT2D eigenvalue weighted by molar-refractivity contribution is 7.09. The average molecular weight is 250 g/mol. The van der Waals surface area contributed by atoms with Crippen LogP contribution in [0.3, 0.4) is 0 Å². The van der Waals surface area contributed by atoms with Crippen molar-refractivity contribution in [2.45, 2.75) is 45.6 Å². The molecule has 1 N–H and O–H groups in total. The molecule has 1 heterocycles. The Morgan fingerprint density at radius 1 is 1.59 bits per heavy atom. The van der Waals surface area contributed by atoms with Gasteiger partial charge in [0.15, 0.2) is 0 Å². The Morgan fingerprint density at radius 2 is 2.24 bits per heavy atom. The van der Waals surface area contributed by atoms with Crippen LogP contribution in [0.1, 0.15) is 49.4 Å². The van der Waals surface area contributed by atoms with E-state index >= 15 is 0 Å². The summed E-state index contributed by atoms with van der Waals surface area (Å²) in [5, 5.41) is 22.7. The number of thiazole rings is 1. The summed E-state index contributed by atoms with van der Waals surface area (Å²) in [6, 6.07) is 2.36.